The molecule has 0 spiro atoms. The summed E-state index contributed by atoms with van der Waals surface area (Å²) >= 11 is 3.73. The molecule has 0 aliphatic heterocycles. The summed E-state index contributed by atoms with van der Waals surface area (Å²) in [5.74, 6) is 0. The summed E-state index contributed by atoms with van der Waals surface area (Å²) in [4.78, 5) is 2.21. The maximum atomic E-state index is 4.60. The average molecular weight is 357 g/mol. The fourth-order valence-corrected chi connectivity index (χ4v) is 4.32. The van der Waals surface area contributed by atoms with Gasteiger partial charge in [-0.15, -0.1) is 0 Å². The van der Waals surface area contributed by atoms with E-state index in [-0.39, 0.29) is 0 Å². The van der Waals surface area contributed by atoms with E-state index >= 15 is 0 Å². The molecule has 0 radical (unpaired) electrons. The number of halogens is 1. The van der Waals surface area contributed by atoms with Crippen LogP contribution in [0, 0.1) is 5.41 Å². The lowest BCUT2D eigenvalue weighted by atomic mass is 9.75. The molecule has 1 unspecified atom stereocenters. The Labute approximate surface area is 137 Å². The topological polar surface area (TPSA) is 33.1 Å². The Morgan fingerprint density at radius 1 is 1.43 bits per heavy atom. The standard InChI is InChI=1S/C16H29BrN4/c1-5-16(8-6-7-9-16)15(18-2)14-13(17)12-19-21(14)11-10-20(3)4/h12,15,18H,5-11H2,1-4H3. The highest BCUT2D eigenvalue weighted by Crippen LogP contribution is 2.50. The largest absolute Gasteiger partial charge is 0.311 e. The third kappa shape index (κ3) is 3.51. The monoisotopic (exact) mass is 356 g/mol. The van der Waals surface area contributed by atoms with Crippen molar-refractivity contribution in [3.05, 3.63) is 16.4 Å². The van der Waals surface area contributed by atoms with Gasteiger partial charge in [0, 0.05) is 6.54 Å². The molecular formula is C16H29BrN4. The molecule has 1 aromatic heterocycles. The summed E-state index contributed by atoms with van der Waals surface area (Å²) in [6, 6.07) is 0.379. The van der Waals surface area contributed by atoms with Crippen LogP contribution >= 0.6 is 15.9 Å². The second kappa shape index (κ2) is 7.25. The maximum absolute atomic E-state index is 4.60. The van der Waals surface area contributed by atoms with Gasteiger partial charge in [-0.2, -0.15) is 5.10 Å². The van der Waals surface area contributed by atoms with Crippen LogP contribution in [0.25, 0.3) is 0 Å². The van der Waals surface area contributed by atoms with Crippen LogP contribution in [0.15, 0.2) is 10.7 Å². The highest BCUT2D eigenvalue weighted by Gasteiger charge is 2.42. The molecule has 1 aliphatic carbocycles. The van der Waals surface area contributed by atoms with Crippen LogP contribution in [0.1, 0.15) is 50.8 Å². The minimum absolute atomic E-state index is 0.379. The summed E-state index contributed by atoms with van der Waals surface area (Å²) in [6.45, 7) is 4.28. The van der Waals surface area contributed by atoms with Gasteiger partial charge in [0.15, 0.2) is 0 Å². The highest BCUT2D eigenvalue weighted by molar-refractivity contribution is 9.10. The molecule has 0 aromatic carbocycles. The van der Waals surface area contributed by atoms with Gasteiger partial charge in [-0.25, -0.2) is 0 Å². The number of aromatic nitrogens is 2. The van der Waals surface area contributed by atoms with Gasteiger partial charge in [-0.05, 0) is 61.8 Å². The van der Waals surface area contributed by atoms with Crippen molar-refractivity contribution < 1.29 is 0 Å². The molecule has 1 saturated carbocycles. The molecule has 21 heavy (non-hydrogen) atoms. The molecule has 1 heterocycles. The molecule has 120 valence electrons. The van der Waals surface area contributed by atoms with E-state index in [0.29, 0.717) is 11.5 Å². The van der Waals surface area contributed by atoms with Crippen molar-refractivity contribution in [1.82, 2.24) is 20.0 Å². The zero-order chi connectivity index (χ0) is 15.5. The van der Waals surface area contributed by atoms with E-state index in [1.807, 2.05) is 6.20 Å². The Balaban J connectivity index is 2.31. The predicted molar refractivity (Wildman–Crippen MR) is 91.5 cm³/mol. The van der Waals surface area contributed by atoms with Crippen molar-refractivity contribution in [1.29, 1.82) is 0 Å². The summed E-state index contributed by atoms with van der Waals surface area (Å²) in [7, 11) is 6.31. The molecule has 4 nitrogen and oxygen atoms in total. The molecule has 1 atom stereocenters. The summed E-state index contributed by atoms with van der Waals surface area (Å²) in [5.41, 5.74) is 1.70. The van der Waals surface area contributed by atoms with Gasteiger partial charge in [-0.1, -0.05) is 19.8 Å². The first kappa shape index (κ1) is 17.0. The van der Waals surface area contributed by atoms with Crippen molar-refractivity contribution in [3.63, 3.8) is 0 Å². The lowest BCUT2D eigenvalue weighted by Crippen LogP contribution is -2.36. The molecule has 5 heteroatoms. The van der Waals surface area contributed by atoms with E-state index < -0.39 is 0 Å². The van der Waals surface area contributed by atoms with Gasteiger partial charge >= 0.3 is 0 Å². The Hall–Kier alpha value is -0.390. The van der Waals surface area contributed by atoms with E-state index in [1.54, 1.807) is 0 Å². The van der Waals surface area contributed by atoms with Crippen LogP contribution in [0.2, 0.25) is 0 Å². The van der Waals surface area contributed by atoms with Gasteiger partial charge in [0.1, 0.15) is 0 Å². The zero-order valence-electron chi connectivity index (χ0n) is 13.8. The second-order valence-electron chi connectivity index (χ2n) is 6.55. The molecule has 0 bridgehead atoms. The van der Waals surface area contributed by atoms with Crippen LogP contribution in [-0.2, 0) is 6.54 Å². The van der Waals surface area contributed by atoms with Crippen LogP contribution in [0.5, 0.6) is 0 Å². The van der Waals surface area contributed by atoms with Gasteiger partial charge in [0.05, 0.1) is 29.0 Å². The molecule has 1 aliphatic rings. The molecule has 0 amide bonds. The lowest BCUT2D eigenvalue weighted by Gasteiger charge is -2.37. The van der Waals surface area contributed by atoms with Gasteiger partial charge < -0.3 is 10.2 Å². The highest BCUT2D eigenvalue weighted by atomic mass is 79.9. The predicted octanol–water partition coefficient (Wildman–Crippen LogP) is 3.44. The third-order valence-corrected chi connectivity index (χ3v) is 5.68. The average Bonchev–Trinajstić information content (AvgIpc) is 3.07. The molecule has 1 aromatic rings. The fraction of sp³-hybridized carbons (Fsp3) is 0.812. The maximum Gasteiger partial charge on any atom is 0.0701 e. The summed E-state index contributed by atoms with van der Waals surface area (Å²) in [5, 5.41) is 8.20. The quantitative estimate of drug-likeness (QED) is 0.812. The van der Waals surface area contributed by atoms with Crippen molar-refractivity contribution >= 4 is 15.9 Å². The Kier molecular flexibility index (Phi) is 5.86. The van der Waals surface area contributed by atoms with Crippen molar-refractivity contribution in [3.8, 4) is 0 Å². The SMILES string of the molecule is CCC1(C(NC)c2c(Br)cnn2CCN(C)C)CCCC1. The Morgan fingerprint density at radius 3 is 2.62 bits per heavy atom. The van der Waals surface area contributed by atoms with Crippen molar-refractivity contribution in [2.24, 2.45) is 5.41 Å². The van der Waals surface area contributed by atoms with E-state index in [0.717, 1.165) is 17.6 Å². The number of hydrogen-bond donors (Lipinski definition) is 1. The van der Waals surface area contributed by atoms with Crippen LogP contribution in [-0.4, -0.2) is 42.4 Å². The third-order valence-electron chi connectivity index (χ3n) is 5.07. The van der Waals surface area contributed by atoms with Gasteiger partial charge in [-0.3, -0.25) is 4.68 Å². The Morgan fingerprint density at radius 2 is 2.10 bits per heavy atom. The van der Waals surface area contributed by atoms with E-state index in [4.69, 9.17) is 0 Å². The smallest absolute Gasteiger partial charge is 0.0701 e. The first-order chi connectivity index (χ1) is 10.0. The fourth-order valence-electron chi connectivity index (χ4n) is 3.79. The number of hydrogen-bond acceptors (Lipinski definition) is 3. The van der Waals surface area contributed by atoms with E-state index in [1.165, 1.54) is 37.8 Å². The number of rotatable bonds is 7. The van der Waals surface area contributed by atoms with E-state index in [9.17, 15) is 0 Å². The first-order valence-corrected chi connectivity index (χ1v) is 8.86. The molecule has 1 N–H and O–H groups in total. The molecule has 0 saturated heterocycles. The molecule has 1 fully saturated rings. The van der Waals surface area contributed by atoms with E-state index in [2.05, 4.69) is 64.0 Å². The van der Waals surface area contributed by atoms with Crippen LogP contribution in [0.4, 0.5) is 0 Å². The second-order valence-corrected chi connectivity index (χ2v) is 7.40. The number of nitrogens with one attached hydrogen (secondary N) is 1. The van der Waals surface area contributed by atoms with Crippen molar-refractivity contribution in [2.45, 2.75) is 51.6 Å². The molecular weight excluding hydrogens is 328 g/mol. The van der Waals surface area contributed by atoms with Gasteiger partial charge in [0.25, 0.3) is 0 Å². The van der Waals surface area contributed by atoms with Crippen LogP contribution < -0.4 is 5.32 Å². The number of likely N-dealkylation sites (N-methyl/N-ethyl adjacent to an activating group) is 1. The van der Waals surface area contributed by atoms with Crippen molar-refractivity contribution in [2.75, 3.05) is 27.7 Å². The minimum atomic E-state index is 0.379. The molecule has 2 rings (SSSR count). The van der Waals surface area contributed by atoms with Gasteiger partial charge in [0.2, 0.25) is 0 Å². The summed E-state index contributed by atoms with van der Waals surface area (Å²) in [6.07, 6.45) is 8.53. The lowest BCUT2D eigenvalue weighted by molar-refractivity contribution is 0.184. The first-order valence-electron chi connectivity index (χ1n) is 8.07. The minimum Gasteiger partial charge on any atom is -0.311 e. The number of nitrogens with zero attached hydrogens (tertiary/aromatic N) is 3. The normalized spacial score (nSPS) is 19.3. The Bertz CT molecular complexity index is 449. The summed E-state index contributed by atoms with van der Waals surface area (Å²) < 4.78 is 3.32. The van der Waals surface area contributed by atoms with Crippen LogP contribution in [0.3, 0.4) is 0 Å². The zero-order valence-corrected chi connectivity index (χ0v) is 15.4.